The second kappa shape index (κ2) is 5.94. The van der Waals surface area contributed by atoms with Crippen LogP contribution in [0.3, 0.4) is 0 Å². The molecular formula is C12H18N4O4S. The molecule has 2 aromatic rings. The van der Waals surface area contributed by atoms with Crippen molar-refractivity contribution in [1.29, 1.82) is 0 Å². The van der Waals surface area contributed by atoms with Crippen LogP contribution in [0.25, 0.3) is 11.2 Å². The van der Waals surface area contributed by atoms with Crippen LogP contribution in [0, 0.1) is 0 Å². The molecule has 9 heteroatoms. The zero-order valence-corrected chi connectivity index (χ0v) is 13.3. The van der Waals surface area contributed by atoms with E-state index < -0.39 is 22.3 Å². The molecule has 2 aromatic heterocycles. The summed E-state index contributed by atoms with van der Waals surface area (Å²) in [7, 11) is 4.49. The van der Waals surface area contributed by atoms with Crippen LogP contribution in [0.1, 0.15) is 19.8 Å². The first-order valence-electron chi connectivity index (χ1n) is 6.57. The Morgan fingerprint density at radius 1 is 1.14 bits per heavy atom. The minimum Gasteiger partial charge on any atom is -0.312 e. The molecule has 8 nitrogen and oxygen atoms in total. The van der Waals surface area contributed by atoms with Gasteiger partial charge in [-0.15, -0.1) is 0 Å². The van der Waals surface area contributed by atoms with Crippen LogP contribution >= 0.6 is 0 Å². The summed E-state index contributed by atoms with van der Waals surface area (Å²) in [5.41, 5.74) is -0.523. The van der Waals surface area contributed by atoms with Crippen molar-refractivity contribution in [3.63, 3.8) is 0 Å². The summed E-state index contributed by atoms with van der Waals surface area (Å²) in [5, 5.41) is 0.124. The van der Waals surface area contributed by atoms with Crippen molar-refractivity contribution < 1.29 is 8.39 Å². The molecule has 0 aliphatic heterocycles. The summed E-state index contributed by atoms with van der Waals surface area (Å²) in [6, 6.07) is 0. The van der Waals surface area contributed by atoms with E-state index in [-0.39, 0.29) is 16.3 Å². The Labute approximate surface area is 123 Å². The van der Waals surface area contributed by atoms with E-state index >= 15 is 0 Å². The second-order valence-corrected chi connectivity index (χ2v) is 5.81. The molecule has 0 saturated carbocycles. The van der Waals surface area contributed by atoms with E-state index in [1.165, 1.54) is 23.2 Å². The smallest absolute Gasteiger partial charge is 0.312 e. The molecule has 0 aliphatic carbocycles. The number of hydrogen-bond acceptors (Lipinski definition) is 5. The third kappa shape index (κ3) is 2.58. The fraction of sp³-hybridized carbons (Fsp3) is 0.583. The third-order valence-corrected chi connectivity index (χ3v) is 4.32. The van der Waals surface area contributed by atoms with E-state index in [1.54, 1.807) is 7.05 Å². The second-order valence-electron chi connectivity index (χ2n) is 4.74. The van der Waals surface area contributed by atoms with E-state index in [2.05, 4.69) is 4.98 Å². The Kier molecular flexibility index (Phi) is 4.43. The average Bonchev–Trinajstić information content (AvgIpc) is 2.81. The summed E-state index contributed by atoms with van der Waals surface area (Å²) < 4.78 is 21.0. The van der Waals surface area contributed by atoms with Crippen molar-refractivity contribution in [2.75, 3.05) is 6.61 Å². The van der Waals surface area contributed by atoms with Gasteiger partial charge in [0.1, 0.15) is 0 Å². The Balaban J connectivity index is 2.59. The maximum absolute atomic E-state index is 12.2. The van der Waals surface area contributed by atoms with E-state index in [0.29, 0.717) is 6.61 Å². The molecule has 1 unspecified atom stereocenters. The zero-order chi connectivity index (χ0) is 15.7. The van der Waals surface area contributed by atoms with Gasteiger partial charge >= 0.3 is 5.69 Å². The largest absolute Gasteiger partial charge is 0.332 e. The molecule has 0 N–H and O–H groups in total. The number of aromatic nitrogens is 4. The predicted molar refractivity (Wildman–Crippen MR) is 78.5 cm³/mol. The van der Waals surface area contributed by atoms with Gasteiger partial charge in [-0.25, -0.2) is 9.00 Å². The molecular weight excluding hydrogens is 296 g/mol. The molecule has 0 spiro atoms. The maximum Gasteiger partial charge on any atom is 0.332 e. The number of fused-ring (bicyclic) bond motifs is 1. The van der Waals surface area contributed by atoms with E-state index in [0.717, 1.165) is 17.4 Å². The molecule has 0 amide bonds. The van der Waals surface area contributed by atoms with Crippen molar-refractivity contribution >= 4 is 22.2 Å². The van der Waals surface area contributed by atoms with Crippen LogP contribution < -0.4 is 11.2 Å². The van der Waals surface area contributed by atoms with Gasteiger partial charge in [-0.3, -0.25) is 18.1 Å². The summed E-state index contributed by atoms with van der Waals surface area (Å²) in [5.74, 6) is 0. The van der Waals surface area contributed by atoms with Crippen LogP contribution in [0.4, 0.5) is 0 Å². The molecule has 0 radical (unpaired) electrons. The van der Waals surface area contributed by atoms with Gasteiger partial charge in [0.15, 0.2) is 11.2 Å². The fourth-order valence-electron chi connectivity index (χ4n) is 1.98. The molecule has 0 bridgehead atoms. The number of unbranched alkanes of at least 4 members (excludes halogenated alkanes) is 1. The monoisotopic (exact) mass is 314 g/mol. The number of imidazole rings is 1. The van der Waals surface area contributed by atoms with Crippen LogP contribution in [0.5, 0.6) is 0 Å². The molecule has 21 heavy (non-hydrogen) atoms. The lowest BCUT2D eigenvalue weighted by atomic mass is 10.4. The Hall–Kier alpha value is -1.74. The first-order chi connectivity index (χ1) is 9.90. The van der Waals surface area contributed by atoms with Gasteiger partial charge in [-0.2, -0.15) is 4.98 Å². The zero-order valence-electron chi connectivity index (χ0n) is 12.5. The Bertz CT molecular complexity index is 817. The Morgan fingerprint density at radius 3 is 2.43 bits per heavy atom. The highest BCUT2D eigenvalue weighted by Gasteiger charge is 2.20. The van der Waals surface area contributed by atoms with E-state index in [9.17, 15) is 13.8 Å². The molecule has 0 saturated heterocycles. The van der Waals surface area contributed by atoms with Crippen molar-refractivity contribution in [3.8, 4) is 0 Å². The van der Waals surface area contributed by atoms with Gasteiger partial charge in [0, 0.05) is 21.1 Å². The predicted octanol–water partition coefficient (Wildman–Crippen LogP) is -0.190. The lowest BCUT2D eigenvalue weighted by Gasteiger charge is -2.03. The van der Waals surface area contributed by atoms with E-state index in [4.69, 9.17) is 4.18 Å². The molecule has 0 aliphatic rings. The molecule has 0 fully saturated rings. The lowest BCUT2D eigenvalue weighted by molar-refractivity contribution is 0.334. The number of hydrogen-bond donors (Lipinski definition) is 0. The first kappa shape index (κ1) is 15.6. The topological polar surface area (TPSA) is 88.1 Å². The van der Waals surface area contributed by atoms with Gasteiger partial charge in [0.05, 0.1) is 6.61 Å². The van der Waals surface area contributed by atoms with Gasteiger partial charge in [-0.1, -0.05) is 13.3 Å². The molecule has 116 valence electrons. The standard InChI is InChI=1S/C12H18N4O4S/c1-5-6-7-20-21(19)11-13-9-8(14(11)2)10(17)16(4)12(18)15(9)3/h5-7H2,1-4H3. The Morgan fingerprint density at radius 2 is 1.81 bits per heavy atom. The average molecular weight is 314 g/mol. The van der Waals surface area contributed by atoms with Gasteiger partial charge < -0.3 is 4.57 Å². The summed E-state index contributed by atoms with van der Waals surface area (Å²) in [6.45, 7) is 2.35. The SMILES string of the molecule is CCCCOS(=O)c1nc2c(c(=O)n(C)c(=O)n2C)n1C. The van der Waals surface area contributed by atoms with Crippen molar-refractivity contribution in [2.24, 2.45) is 21.1 Å². The third-order valence-electron chi connectivity index (χ3n) is 3.27. The minimum absolute atomic E-state index is 0.124. The van der Waals surface area contributed by atoms with Crippen LogP contribution in [0.2, 0.25) is 0 Å². The van der Waals surface area contributed by atoms with Crippen LogP contribution in [-0.4, -0.2) is 29.5 Å². The summed E-state index contributed by atoms with van der Waals surface area (Å²) in [4.78, 5) is 28.2. The first-order valence-corrected chi connectivity index (χ1v) is 7.65. The summed E-state index contributed by atoms with van der Waals surface area (Å²) >= 11 is -1.77. The molecule has 0 aromatic carbocycles. The van der Waals surface area contributed by atoms with Crippen molar-refractivity contribution in [3.05, 3.63) is 20.8 Å². The number of nitrogens with zero attached hydrogens (tertiary/aromatic N) is 4. The highest BCUT2D eigenvalue weighted by molar-refractivity contribution is 7.80. The van der Waals surface area contributed by atoms with Gasteiger partial charge in [-0.05, 0) is 6.42 Å². The summed E-state index contributed by atoms with van der Waals surface area (Å²) in [6.07, 6.45) is 1.71. The van der Waals surface area contributed by atoms with Gasteiger partial charge in [0.25, 0.3) is 5.56 Å². The lowest BCUT2D eigenvalue weighted by Crippen LogP contribution is -2.37. The molecule has 2 heterocycles. The van der Waals surface area contributed by atoms with Crippen LogP contribution in [0.15, 0.2) is 14.7 Å². The van der Waals surface area contributed by atoms with Crippen LogP contribution in [-0.2, 0) is 36.4 Å². The highest BCUT2D eigenvalue weighted by Crippen LogP contribution is 2.13. The molecule has 1 atom stereocenters. The molecule has 2 rings (SSSR count). The number of aryl methyl sites for hydroxylation is 2. The highest BCUT2D eigenvalue weighted by atomic mass is 32.2. The van der Waals surface area contributed by atoms with Crippen molar-refractivity contribution in [1.82, 2.24) is 18.7 Å². The minimum atomic E-state index is -1.77. The maximum atomic E-state index is 12.2. The number of rotatable bonds is 5. The van der Waals surface area contributed by atoms with E-state index in [1.807, 2.05) is 6.92 Å². The van der Waals surface area contributed by atoms with Crippen molar-refractivity contribution in [2.45, 2.75) is 24.9 Å². The fourth-order valence-corrected chi connectivity index (χ4v) is 2.83. The normalized spacial score (nSPS) is 13.0. The quantitative estimate of drug-likeness (QED) is 0.714. The van der Waals surface area contributed by atoms with Gasteiger partial charge in [0.2, 0.25) is 16.2 Å².